The first kappa shape index (κ1) is 28.8. The van der Waals surface area contributed by atoms with Gasteiger partial charge < -0.3 is 29.1 Å². The molecule has 1 heterocycles. The molecule has 1 fully saturated rings. The number of Topliss-reactive ketones (excluding diaryl/α,β-unsaturated/α-hetero) is 1. The first-order valence-corrected chi connectivity index (χ1v) is 13.1. The molecule has 0 saturated carbocycles. The summed E-state index contributed by atoms with van der Waals surface area (Å²) in [5.74, 6) is 0.0680. The van der Waals surface area contributed by atoms with E-state index in [4.69, 9.17) is 14.2 Å². The van der Waals surface area contributed by atoms with Crippen molar-refractivity contribution in [2.45, 2.75) is 33.2 Å². The third-order valence-corrected chi connectivity index (χ3v) is 6.61. The van der Waals surface area contributed by atoms with E-state index in [1.54, 1.807) is 60.6 Å². The molecular formula is C30H38N2O6. The van der Waals surface area contributed by atoms with Gasteiger partial charge in [0.25, 0.3) is 11.7 Å². The zero-order chi connectivity index (χ0) is 27.7. The quantitative estimate of drug-likeness (QED) is 0.165. The number of amides is 1. The molecule has 38 heavy (non-hydrogen) atoms. The van der Waals surface area contributed by atoms with E-state index < -0.39 is 17.7 Å². The Hall–Kier alpha value is -3.78. The van der Waals surface area contributed by atoms with Gasteiger partial charge >= 0.3 is 0 Å². The van der Waals surface area contributed by atoms with Crippen LogP contribution in [0, 0.1) is 0 Å². The van der Waals surface area contributed by atoms with E-state index in [2.05, 4.69) is 25.3 Å². The maximum Gasteiger partial charge on any atom is 0.295 e. The Morgan fingerprint density at radius 3 is 2.37 bits per heavy atom. The number of hydrogen-bond donors (Lipinski definition) is 1. The van der Waals surface area contributed by atoms with E-state index >= 15 is 0 Å². The molecule has 0 radical (unpaired) electrons. The van der Waals surface area contributed by atoms with Gasteiger partial charge in [0.1, 0.15) is 18.1 Å². The fourth-order valence-electron chi connectivity index (χ4n) is 4.60. The van der Waals surface area contributed by atoms with E-state index in [1.807, 2.05) is 6.92 Å². The summed E-state index contributed by atoms with van der Waals surface area (Å²) in [6.07, 6.45) is 2.33. The second-order valence-corrected chi connectivity index (χ2v) is 8.84. The Kier molecular flexibility index (Phi) is 10.4. The van der Waals surface area contributed by atoms with Crippen LogP contribution in [0.3, 0.4) is 0 Å². The normalized spacial score (nSPS) is 16.7. The number of carbonyl (C=O) groups is 2. The number of methoxy groups -OCH3 is 1. The molecule has 1 unspecified atom stereocenters. The summed E-state index contributed by atoms with van der Waals surface area (Å²) in [6.45, 7) is 13.4. The Morgan fingerprint density at radius 1 is 1.05 bits per heavy atom. The monoisotopic (exact) mass is 522 g/mol. The Labute approximate surface area is 225 Å². The van der Waals surface area contributed by atoms with Crippen molar-refractivity contribution in [2.24, 2.45) is 0 Å². The highest BCUT2D eigenvalue weighted by molar-refractivity contribution is 6.46. The molecule has 1 aliphatic heterocycles. The van der Waals surface area contributed by atoms with Crippen LogP contribution in [0.2, 0.25) is 0 Å². The Morgan fingerprint density at radius 2 is 1.76 bits per heavy atom. The van der Waals surface area contributed by atoms with E-state index in [0.29, 0.717) is 54.6 Å². The number of rotatable bonds is 14. The summed E-state index contributed by atoms with van der Waals surface area (Å²) in [5, 5.41) is 11.3. The largest absolute Gasteiger partial charge is 0.507 e. The van der Waals surface area contributed by atoms with E-state index in [1.165, 1.54) is 0 Å². The number of ketones is 1. The molecule has 2 aromatic rings. The maximum absolute atomic E-state index is 13.4. The van der Waals surface area contributed by atoms with Crippen LogP contribution in [0.1, 0.15) is 44.4 Å². The van der Waals surface area contributed by atoms with Crippen molar-refractivity contribution in [1.29, 1.82) is 0 Å². The lowest BCUT2D eigenvalue weighted by Gasteiger charge is -2.27. The number of benzene rings is 2. The summed E-state index contributed by atoms with van der Waals surface area (Å²) < 4.78 is 16.8. The van der Waals surface area contributed by atoms with E-state index in [9.17, 15) is 14.7 Å². The number of aliphatic hydroxyl groups excluding tert-OH is 1. The molecule has 8 heteroatoms. The van der Waals surface area contributed by atoms with Gasteiger partial charge in [-0.1, -0.05) is 32.6 Å². The lowest BCUT2D eigenvalue weighted by atomic mass is 9.95. The average molecular weight is 523 g/mol. The molecule has 1 amide bonds. The minimum absolute atomic E-state index is 0.0465. The fourth-order valence-corrected chi connectivity index (χ4v) is 4.60. The van der Waals surface area contributed by atoms with Crippen LogP contribution in [0.5, 0.6) is 17.2 Å². The topological polar surface area (TPSA) is 88.5 Å². The Bertz CT molecular complexity index is 1150. The predicted octanol–water partition coefficient (Wildman–Crippen LogP) is 4.81. The van der Waals surface area contributed by atoms with Crippen molar-refractivity contribution in [1.82, 2.24) is 9.80 Å². The number of carbonyl (C=O) groups excluding carboxylic acids is 2. The first-order valence-electron chi connectivity index (χ1n) is 13.1. The molecule has 1 N–H and O–H groups in total. The maximum atomic E-state index is 13.4. The van der Waals surface area contributed by atoms with Crippen LogP contribution in [-0.4, -0.2) is 73.1 Å². The predicted molar refractivity (Wildman–Crippen MR) is 148 cm³/mol. The second kappa shape index (κ2) is 13.7. The standard InChI is InChI=1S/C30H38N2O6/c1-6-19-38-24-16-13-22(20-25(24)37-9-4)27-26(28(33)21-11-14-23(36-5)15-12-21)29(34)30(35)32(27)18-10-17-31(7-2)8-3/h6,11-16,20,27,33H,1,7-10,17-19H2,2-5H3. The van der Waals surface area contributed by atoms with Crippen LogP contribution in [0.4, 0.5) is 0 Å². The molecule has 0 aliphatic carbocycles. The van der Waals surface area contributed by atoms with Gasteiger partial charge in [-0.15, -0.1) is 0 Å². The number of nitrogens with zero attached hydrogens (tertiary/aromatic N) is 2. The lowest BCUT2D eigenvalue weighted by molar-refractivity contribution is -0.140. The highest BCUT2D eigenvalue weighted by Gasteiger charge is 2.46. The molecule has 0 spiro atoms. The van der Waals surface area contributed by atoms with Gasteiger partial charge in [-0.25, -0.2) is 0 Å². The third kappa shape index (κ3) is 6.37. The Balaban J connectivity index is 2.09. The molecule has 3 rings (SSSR count). The van der Waals surface area contributed by atoms with Gasteiger partial charge in [0, 0.05) is 12.1 Å². The zero-order valence-corrected chi connectivity index (χ0v) is 22.7. The lowest BCUT2D eigenvalue weighted by Crippen LogP contribution is -2.33. The van der Waals surface area contributed by atoms with Crippen LogP contribution >= 0.6 is 0 Å². The molecule has 0 bridgehead atoms. The smallest absolute Gasteiger partial charge is 0.295 e. The zero-order valence-electron chi connectivity index (χ0n) is 22.7. The molecule has 204 valence electrons. The van der Waals surface area contributed by atoms with Crippen molar-refractivity contribution in [2.75, 3.05) is 46.5 Å². The molecule has 1 atom stereocenters. The van der Waals surface area contributed by atoms with Gasteiger partial charge in [0.2, 0.25) is 0 Å². The van der Waals surface area contributed by atoms with Crippen molar-refractivity contribution in [3.05, 3.63) is 71.8 Å². The van der Waals surface area contributed by atoms with Gasteiger partial charge in [0.15, 0.2) is 11.5 Å². The van der Waals surface area contributed by atoms with Crippen LogP contribution in [0.15, 0.2) is 60.7 Å². The fraction of sp³-hybridized carbons (Fsp3) is 0.400. The van der Waals surface area contributed by atoms with Crippen molar-refractivity contribution in [3.8, 4) is 17.2 Å². The summed E-state index contributed by atoms with van der Waals surface area (Å²) >= 11 is 0. The summed E-state index contributed by atoms with van der Waals surface area (Å²) in [6, 6.07) is 11.3. The highest BCUT2D eigenvalue weighted by Crippen LogP contribution is 2.42. The molecule has 2 aromatic carbocycles. The molecule has 0 aromatic heterocycles. The van der Waals surface area contributed by atoms with Crippen molar-refractivity contribution in [3.63, 3.8) is 0 Å². The highest BCUT2D eigenvalue weighted by atomic mass is 16.5. The summed E-state index contributed by atoms with van der Waals surface area (Å²) in [7, 11) is 1.55. The summed E-state index contributed by atoms with van der Waals surface area (Å²) in [5.41, 5.74) is 1.12. The second-order valence-electron chi connectivity index (χ2n) is 8.84. The third-order valence-electron chi connectivity index (χ3n) is 6.61. The van der Waals surface area contributed by atoms with Gasteiger partial charge in [-0.2, -0.15) is 0 Å². The van der Waals surface area contributed by atoms with E-state index in [0.717, 1.165) is 19.6 Å². The number of ether oxygens (including phenoxy) is 3. The average Bonchev–Trinajstić information content (AvgIpc) is 3.19. The SMILES string of the molecule is C=CCOc1ccc(C2C(=C(O)c3ccc(OC)cc3)C(=O)C(=O)N2CCCN(CC)CC)cc1OCC. The summed E-state index contributed by atoms with van der Waals surface area (Å²) in [4.78, 5) is 30.5. The molecule has 1 aliphatic rings. The number of aliphatic hydroxyl groups is 1. The molecule has 8 nitrogen and oxygen atoms in total. The van der Waals surface area contributed by atoms with Crippen molar-refractivity contribution < 1.29 is 28.9 Å². The minimum Gasteiger partial charge on any atom is -0.507 e. The molecule has 1 saturated heterocycles. The minimum atomic E-state index is -0.776. The molecular weight excluding hydrogens is 484 g/mol. The number of likely N-dealkylation sites (tertiary alicyclic amines) is 1. The van der Waals surface area contributed by atoms with Gasteiger partial charge in [-0.05, 0) is 74.9 Å². The van der Waals surface area contributed by atoms with Gasteiger partial charge in [-0.3, -0.25) is 9.59 Å². The first-order chi connectivity index (χ1) is 18.4. The van der Waals surface area contributed by atoms with Crippen molar-refractivity contribution >= 4 is 17.4 Å². The van der Waals surface area contributed by atoms with E-state index in [-0.39, 0.29) is 11.3 Å². The van der Waals surface area contributed by atoms with Crippen LogP contribution in [-0.2, 0) is 9.59 Å². The van der Waals surface area contributed by atoms with Crippen LogP contribution in [0.25, 0.3) is 5.76 Å². The van der Waals surface area contributed by atoms with Gasteiger partial charge in [0.05, 0.1) is 25.3 Å². The van der Waals surface area contributed by atoms with Crippen LogP contribution < -0.4 is 14.2 Å². The number of hydrogen-bond acceptors (Lipinski definition) is 7.